The maximum atomic E-state index is 10.7. The molecule has 0 saturated heterocycles. The number of hydrogen-bond acceptors (Lipinski definition) is 2. The Morgan fingerprint density at radius 2 is 2.31 bits per heavy atom. The van der Waals surface area contributed by atoms with Gasteiger partial charge in [0.1, 0.15) is 0 Å². The maximum Gasteiger partial charge on any atom is 0.221 e. The van der Waals surface area contributed by atoms with Crippen LogP contribution in [-0.2, 0) is 4.79 Å². The molecule has 1 unspecified atom stereocenters. The van der Waals surface area contributed by atoms with E-state index < -0.39 is 0 Å². The monoisotopic (exact) mass is 184 g/mol. The molecule has 1 amide bonds. The lowest BCUT2D eigenvalue weighted by atomic mass is 10.1. The fraction of sp³-hybridized carbons (Fsp3) is 0.900. The number of nitrogens with one attached hydrogen (secondary N) is 1. The molecule has 1 aliphatic carbocycles. The summed E-state index contributed by atoms with van der Waals surface area (Å²) in [6, 6.07) is 0. The van der Waals surface area contributed by atoms with Gasteiger partial charge in [0.15, 0.2) is 0 Å². The van der Waals surface area contributed by atoms with Crippen LogP contribution in [0.2, 0.25) is 0 Å². The maximum absolute atomic E-state index is 10.7. The number of carbonyl (C=O) groups excluding carboxylic acids is 1. The van der Waals surface area contributed by atoms with Gasteiger partial charge in [-0.05, 0) is 25.3 Å². The van der Waals surface area contributed by atoms with E-state index in [0.717, 1.165) is 19.0 Å². The van der Waals surface area contributed by atoms with Gasteiger partial charge >= 0.3 is 0 Å². The van der Waals surface area contributed by atoms with Gasteiger partial charge in [0, 0.05) is 12.5 Å². The number of rotatable bonds is 7. The molecule has 3 nitrogen and oxygen atoms in total. The molecule has 0 aliphatic heterocycles. The van der Waals surface area contributed by atoms with Gasteiger partial charge in [-0.15, -0.1) is 0 Å². The van der Waals surface area contributed by atoms with Crippen molar-refractivity contribution in [3.63, 3.8) is 0 Å². The van der Waals surface area contributed by atoms with Crippen molar-refractivity contribution in [1.29, 1.82) is 0 Å². The lowest BCUT2D eigenvalue weighted by Crippen LogP contribution is -2.31. The minimum absolute atomic E-state index is 0.0408. The zero-order valence-electron chi connectivity index (χ0n) is 8.38. The van der Waals surface area contributed by atoms with Crippen LogP contribution < -0.4 is 11.1 Å². The summed E-state index contributed by atoms with van der Waals surface area (Å²) < 4.78 is 0. The van der Waals surface area contributed by atoms with Crippen molar-refractivity contribution in [2.45, 2.75) is 32.6 Å². The van der Waals surface area contributed by atoms with Crippen molar-refractivity contribution in [3.05, 3.63) is 0 Å². The highest BCUT2D eigenvalue weighted by atomic mass is 16.1. The third-order valence-electron chi connectivity index (χ3n) is 2.60. The first-order valence-electron chi connectivity index (χ1n) is 5.20. The second kappa shape index (κ2) is 5.22. The molecule has 0 aromatic rings. The smallest absolute Gasteiger partial charge is 0.221 e. The molecule has 3 N–H and O–H groups in total. The Bertz CT molecular complexity index is 166. The van der Waals surface area contributed by atoms with Gasteiger partial charge in [-0.2, -0.15) is 0 Å². The zero-order valence-corrected chi connectivity index (χ0v) is 8.38. The average molecular weight is 184 g/mol. The third kappa shape index (κ3) is 4.88. The van der Waals surface area contributed by atoms with Crippen LogP contribution in [0.4, 0.5) is 0 Å². The number of amides is 1. The van der Waals surface area contributed by atoms with Gasteiger partial charge < -0.3 is 11.1 Å². The second-order valence-corrected chi connectivity index (χ2v) is 4.09. The Morgan fingerprint density at radius 1 is 1.62 bits per heavy atom. The highest BCUT2D eigenvalue weighted by Gasteiger charge is 2.19. The van der Waals surface area contributed by atoms with Crippen molar-refractivity contribution in [3.8, 4) is 0 Å². The number of carbonyl (C=O) groups is 1. The van der Waals surface area contributed by atoms with Gasteiger partial charge in [-0.3, -0.25) is 4.79 Å². The van der Waals surface area contributed by atoms with E-state index in [1.54, 1.807) is 0 Å². The quantitative estimate of drug-likeness (QED) is 0.577. The van der Waals surface area contributed by atoms with Crippen molar-refractivity contribution in [2.24, 2.45) is 17.6 Å². The second-order valence-electron chi connectivity index (χ2n) is 4.09. The summed E-state index contributed by atoms with van der Waals surface area (Å²) in [5.41, 5.74) is 5.13. The van der Waals surface area contributed by atoms with Crippen LogP contribution >= 0.6 is 0 Å². The Balaban J connectivity index is 1.84. The molecule has 0 bridgehead atoms. The summed E-state index contributed by atoms with van der Waals surface area (Å²) in [4.78, 5) is 10.7. The van der Waals surface area contributed by atoms with Gasteiger partial charge in [-0.25, -0.2) is 0 Å². The topological polar surface area (TPSA) is 55.1 Å². The minimum Gasteiger partial charge on any atom is -0.369 e. The molecule has 13 heavy (non-hydrogen) atoms. The van der Waals surface area contributed by atoms with E-state index in [-0.39, 0.29) is 11.8 Å². The lowest BCUT2D eigenvalue weighted by molar-refractivity contribution is -0.121. The van der Waals surface area contributed by atoms with Gasteiger partial charge in [0.05, 0.1) is 0 Å². The van der Waals surface area contributed by atoms with E-state index in [9.17, 15) is 4.79 Å². The lowest BCUT2D eigenvalue weighted by Gasteiger charge is -2.08. The van der Waals surface area contributed by atoms with Crippen LogP contribution in [-0.4, -0.2) is 19.0 Å². The molecule has 0 heterocycles. The fourth-order valence-electron chi connectivity index (χ4n) is 1.34. The van der Waals surface area contributed by atoms with E-state index in [1.807, 2.05) is 6.92 Å². The Hall–Kier alpha value is -0.570. The molecule has 1 atom stereocenters. The summed E-state index contributed by atoms with van der Waals surface area (Å²) in [5.74, 6) is 0.756. The minimum atomic E-state index is -0.213. The molecule has 1 aliphatic rings. The Labute approximate surface area is 80.1 Å². The molecule has 0 aromatic carbocycles. The molecule has 0 spiro atoms. The first-order chi connectivity index (χ1) is 6.20. The normalized spacial score (nSPS) is 18.5. The van der Waals surface area contributed by atoms with E-state index in [0.29, 0.717) is 0 Å². The van der Waals surface area contributed by atoms with Gasteiger partial charge in [-0.1, -0.05) is 19.8 Å². The largest absolute Gasteiger partial charge is 0.369 e. The highest BCUT2D eigenvalue weighted by molar-refractivity contribution is 5.76. The predicted molar refractivity (Wildman–Crippen MR) is 53.2 cm³/mol. The average Bonchev–Trinajstić information content (AvgIpc) is 2.87. The summed E-state index contributed by atoms with van der Waals surface area (Å²) in [6.45, 7) is 3.60. The van der Waals surface area contributed by atoms with Crippen LogP contribution in [0, 0.1) is 11.8 Å². The van der Waals surface area contributed by atoms with Crippen LogP contribution in [0.15, 0.2) is 0 Å². The molecule has 1 saturated carbocycles. The first kappa shape index (κ1) is 10.5. The summed E-state index contributed by atoms with van der Waals surface area (Å²) in [5, 5.41) is 3.25. The predicted octanol–water partition coefficient (Wildman–Crippen LogP) is 0.888. The number of hydrogen-bond donors (Lipinski definition) is 2. The van der Waals surface area contributed by atoms with Crippen LogP contribution in [0.1, 0.15) is 32.6 Å². The van der Waals surface area contributed by atoms with Crippen molar-refractivity contribution < 1.29 is 4.79 Å². The van der Waals surface area contributed by atoms with Gasteiger partial charge in [0.2, 0.25) is 5.91 Å². The third-order valence-corrected chi connectivity index (χ3v) is 2.60. The molecular weight excluding hydrogens is 164 g/mol. The molecule has 1 fully saturated rings. The van der Waals surface area contributed by atoms with Crippen LogP contribution in [0.5, 0.6) is 0 Å². The van der Waals surface area contributed by atoms with Crippen molar-refractivity contribution >= 4 is 5.91 Å². The van der Waals surface area contributed by atoms with Crippen molar-refractivity contribution in [1.82, 2.24) is 5.32 Å². The number of primary amides is 1. The van der Waals surface area contributed by atoms with E-state index >= 15 is 0 Å². The summed E-state index contributed by atoms with van der Waals surface area (Å²) in [7, 11) is 0. The highest BCUT2D eigenvalue weighted by Crippen LogP contribution is 2.33. The molecule has 1 rings (SSSR count). The summed E-state index contributed by atoms with van der Waals surface area (Å²) in [6.07, 6.45) is 5.43. The molecule has 3 heteroatoms. The van der Waals surface area contributed by atoms with E-state index in [2.05, 4.69) is 5.32 Å². The van der Waals surface area contributed by atoms with Crippen molar-refractivity contribution in [2.75, 3.05) is 13.1 Å². The van der Waals surface area contributed by atoms with E-state index in [1.165, 1.54) is 25.7 Å². The molecule has 76 valence electrons. The Kier molecular flexibility index (Phi) is 4.22. The summed E-state index contributed by atoms with van der Waals surface area (Å²) >= 11 is 0. The SMILES string of the molecule is CC(CNCCCC1CC1)C(N)=O. The first-order valence-corrected chi connectivity index (χ1v) is 5.20. The van der Waals surface area contributed by atoms with E-state index in [4.69, 9.17) is 5.73 Å². The Morgan fingerprint density at radius 3 is 2.85 bits per heavy atom. The number of nitrogens with two attached hydrogens (primary N) is 1. The molecular formula is C10H20N2O. The molecule has 0 aromatic heterocycles. The standard InChI is InChI=1S/C10H20N2O/c1-8(10(11)13)7-12-6-2-3-9-4-5-9/h8-9,12H,2-7H2,1H3,(H2,11,13). The fourth-order valence-corrected chi connectivity index (χ4v) is 1.34. The zero-order chi connectivity index (χ0) is 9.68. The van der Waals surface area contributed by atoms with Crippen LogP contribution in [0.25, 0.3) is 0 Å². The molecule has 0 radical (unpaired) electrons. The van der Waals surface area contributed by atoms with Gasteiger partial charge in [0.25, 0.3) is 0 Å². The van der Waals surface area contributed by atoms with Crippen LogP contribution in [0.3, 0.4) is 0 Å².